The number of carbonyl (C=O) groups excluding carboxylic acids is 1. The van der Waals surface area contributed by atoms with Crippen molar-refractivity contribution in [3.8, 4) is 0 Å². The molecule has 0 radical (unpaired) electrons. The Morgan fingerprint density at radius 2 is 1.87 bits per heavy atom. The third kappa shape index (κ3) is 3.17. The van der Waals surface area contributed by atoms with Gasteiger partial charge in [0.1, 0.15) is 0 Å². The van der Waals surface area contributed by atoms with Gasteiger partial charge in [0.2, 0.25) is 0 Å². The van der Waals surface area contributed by atoms with Crippen molar-refractivity contribution >= 4 is 5.78 Å². The van der Waals surface area contributed by atoms with Gasteiger partial charge in [-0.1, -0.05) is 43.7 Å². The summed E-state index contributed by atoms with van der Waals surface area (Å²) in [6, 6.07) is 9.53. The first-order valence-electron chi connectivity index (χ1n) is 5.42. The fourth-order valence-electron chi connectivity index (χ4n) is 1.69. The van der Waals surface area contributed by atoms with E-state index in [1.54, 1.807) is 0 Å². The first-order valence-corrected chi connectivity index (χ1v) is 5.42. The van der Waals surface area contributed by atoms with Crippen LogP contribution >= 0.6 is 0 Å². The minimum atomic E-state index is 0.0115. The molecule has 0 unspecified atom stereocenters. The molecular formula is C13H19NO. The number of Topliss-reactive ketones (excluding diaryl/α,β-unsaturated/α-hetero) is 1. The summed E-state index contributed by atoms with van der Waals surface area (Å²) in [5.41, 5.74) is 0.810. The van der Waals surface area contributed by atoms with E-state index in [1.165, 1.54) is 0 Å². The zero-order valence-electron chi connectivity index (χ0n) is 9.73. The highest BCUT2D eigenvalue weighted by molar-refractivity contribution is 6.00. The van der Waals surface area contributed by atoms with Gasteiger partial charge in [-0.25, -0.2) is 0 Å². The Labute approximate surface area is 91.9 Å². The quantitative estimate of drug-likeness (QED) is 0.689. The Hall–Kier alpha value is -1.15. The van der Waals surface area contributed by atoms with Crippen LogP contribution in [0.1, 0.15) is 30.1 Å². The lowest BCUT2D eigenvalue weighted by Gasteiger charge is -2.22. The number of benzene rings is 1. The largest absolute Gasteiger partial charge is 0.299 e. The minimum absolute atomic E-state index is 0.0115. The van der Waals surface area contributed by atoms with Crippen molar-refractivity contribution in [2.75, 3.05) is 14.1 Å². The second-order valence-corrected chi connectivity index (χ2v) is 4.00. The van der Waals surface area contributed by atoms with Gasteiger partial charge in [-0.15, -0.1) is 0 Å². The smallest absolute Gasteiger partial charge is 0.179 e. The molecule has 1 atom stereocenters. The van der Waals surface area contributed by atoms with Crippen LogP contribution in [0.25, 0.3) is 0 Å². The second kappa shape index (κ2) is 5.66. The Bertz CT molecular complexity index is 306. The van der Waals surface area contributed by atoms with E-state index < -0.39 is 0 Å². The highest BCUT2D eigenvalue weighted by Crippen LogP contribution is 2.11. The maximum Gasteiger partial charge on any atom is 0.179 e. The van der Waals surface area contributed by atoms with E-state index >= 15 is 0 Å². The van der Waals surface area contributed by atoms with Crippen LogP contribution < -0.4 is 0 Å². The molecule has 0 fully saturated rings. The second-order valence-electron chi connectivity index (χ2n) is 4.00. The molecule has 0 aliphatic rings. The first-order chi connectivity index (χ1) is 7.16. The molecule has 0 aliphatic carbocycles. The molecule has 0 spiro atoms. The van der Waals surface area contributed by atoms with Gasteiger partial charge in [0.05, 0.1) is 6.04 Å². The van der Waals surface area contributed by atoms with Gasteiger partial charge in [-0.05, 0) is 20.5 Å². The standard InChI is InChI=1S/C13H19NO/c1-4-8-12(14(2)3)13(15)11-9-6-5-7-10-11/h5-7,9-10,12H,4,8H2,1-3H3/t12-/m0/s1. The van der Waals surface area contributed by atoms with Crippen LogP contribution in [0.2, 0.25) is 0 Å². The van der Waals surface area contributed by atoms with Crippen molar-refractivity contribution in [1.82, 2.24) is 4.90 Å². The number of nitrogens with zero attached hydrogens (tertiary/aromatic N) is 1. The fraction of sp³-hybridized carbons (Fsp3) is 0.462. The maximum absolute atomic E-state index is 12.1. The zero-order valence-corrected chi connectivity index (χ0v) is 9.73. The van der Waals surface area contributed by atoms with Crippen molar-refractivity contribution in [2.45, 2.75) is 25.8 Å². The maximum atomic E-state index is 12.1. The van der Waals surface area contributed by atoms with Gasteiger partial charge in [0.15, 0.2) is 5.78 Å². The molecule has 0 saturated carbocycles. The monoisotopic (exact) mass is 205 g/mol. The molecule has 15 heavy (non-hydrogen) atoms. The SMILES string of the molecule is CCC[C@@H](C(=O)c1ccccc1)N(C)C. The number of carbonyl (C=O) groups is 1. The summed E-state index contributed by atoms with van der Waals surface area (Å²) in [5.74, 6) is 0.224. The summed E-state index contributed by atoms with van der Waals surface area (Å²) in [4.78, 5) is 14.1. The van der Waals surface area contributed by atoms with Crippen molar-refractivity contribution in [2.24, 2.45) is 0 Å². The van der Waals surface area contributed by atoms with Gasteiger partial charge >= 0.3 is 0 Å². The van der Waals surface area contributed by atoms with Gasteiger partial charge in [-0.3, -0.25) is 9.69 Å². The number of rotatable bonds is 5. The topological polar surface area (TPSA) is 20.3 Å². The van der Waals surface area contributed by atoms with Gasteiger partial charge in [0.25, 0.3) is 0 Å². The van der Waals surface area contributed by atoms with Crippen LogP contribution in [0.5, 0.6) is 0 Å². The van der Waals surface area contributed by atoms with Crippen LogP contribution in [0.4, 0.5) is 0 Å². The molecule has 0 aromatic heterocycles. The Balaban J connectivity index is 2.81. The summed E-state index contributed by atoms with van der Waals surface area (Å²) in [6.45, 7) is 2.11. The van der Waals surface area contributed by atoms with Crippen molar-refractivity contribution in [3.05, 3.63) is 35.9 Å². The van der Waals surface area contributed by atoms with Crippen molar-refractivity contribution in [3.63, 3.8) is 0 Å². The molecule has 1 aromatic rings. The number of hydrogen-bond acceptors (Lipinski definition) is 2. The average molecular weight is 205 g/mol. The number of hydrogen-bond donors (Lipinski definition) is 0. The lowest BCUT2D eigenvalue weighted by atomic mass is 10.00. The summed E-state index contributed by atoms with van der Waals surface area (Å²) in [6.07, 6.45) is 1.95. The lowest BCUT2D eigenvalue weighted by molar-refractivity contribution is 0.0866. The van der Waals surface area contributed by atoms with E-state index in [0.29, 0.717) is 0 Å². The van der Waals surface area contributed by atoms with Crippen molar-refractivity contribution in [1.29, 1.82) is 0 Å². The van der Waals surface area contributed by atoms with Gasteiger partial charge < -0.3 is 0 Å². The molecule has 0 N–H and O–H groups in total. The van der Waals surface area contributed by atoms with Crippen molar-refractivity contribution < 1.29 is 4.79 Å². The molecule has 0 saturated heterocycles. The molecule has 1 aromatic carbocycles. The summed E-state index contributed by atoms with van der Waals surface area (Å²) >= 11 is 0. The summed E-state index contributed by atoms with van der Waals surface area (Å²) < 4.78 is 0. The van der Waals surface area contributed by atoms with Gasteiger partial charge in [-0.2, -0.15) is 0 Å². The fourth-order valence-corrected chi connectivity index (χ4v) is 1.69. The highest BCUT2D eigenvalue weighted by atomic mass is 16.1. The number of ketones is 1. The zero-order chi connectivity index (χ0) is 11.3. The molecule has 0 aliphatic heterocycles. The molecule has 0 heterocycles. The third-order valence-corrected chi connectivity index (χ3v) is 2.55. The van der Waals surface area contributed by atoms with E-state index in [0.717, 1.165) is 18.4 Å². The van der Waals surface area contributed by atoms with E-state index in [1.807, 2.05) is 49.3 Å². The molecule has 0 bridgehead atoms. The van der Waals surface area contributed by atoms with Crippen LogP contribution in [-0.4, -0.2) is 30.8 Å². The Morgan fingerprint density at radius 3 is 2.33 bits per heavy atom. The van der Waals surface area contributed by atoms with Crippen LogP contribution in [-0.2, 0) is 0 Å². The minimum Gasteiger partial charge on any atom is -0.299 e. The molecule has 1 rings (SSSR count). The Kier molecular flexibility index (Phi) is 4.50. The summed E-state index contributed by atoms with van der Waals surface area (Å²) in [7, 11) is 3.92. The average Bonchev–Trinajstić information content (AvgIpc) is 2.26. The lowest BCUT2D eigenvalue weighted by Crippen LogP contribution is -2.35. The van der Waals surface area contributed by atoms with E-state index in [9.17, 15) is 4.79 Å². The van der Waals surface area contributed by atoms with Crippen LogP contribution in [0.3, 0.4) is 0 Å². The predicted molar refractivity (Wildman–Crippen MR) is 63.2 cm³/mol. The predicted octanol–water partition coefficient (Wildman–Crippen LogP) is 2.60. The molecule has 2 heteroatoms. The van der Waals surface area contributed by atoms with Crippen LogP contribution in [0, 0.1) is 0 Å². The Morgan fingerprint density at radius 1 is 1.27 bits per heavy atom. The van der Waals surface area contributed by atoms with Crippen LogP contribution in [0.15, 0.2) is 30.3 Å². The van der Waals surface area contributed by atoms with E-state index in [2.05, 4.69) is 6.92 Å². The molecular weight excluding hydrogens is 186 g/mol. The number of likely N-dealkylation sites (N-methyl/N-ethyl adjacent to an activating group) is 1. The third-order valence-electron chi connectivity index (χ3n) is 2.55. The molecule has 2 nitrogen and oxygen atoms in total. The van der Waals surface area contributed by atoms with E-state index in [4.69, 9.17) is 0 Å². The van der Waals surface area contributed by atoms with Gasteiger partial charge in [0, 0.05) is 5.56 Å². The summed E-state index contributed by atoms with van der Waals surface area (Å²) in [5, 5.41) is 0. The first kappa shape index (κ1) is 11.9. The normalized spacial score (nSPS) is 12.8. The molecule has 82 valence electrons. The molecule has 0 amide bonds. The van der Waals surface area contributed by atoms with E-state index in [-0.39, 0.29) is 11.8 Å². The highest BCUT2D eigenvalue weighted by Gasteiger charge is 2.20.